The number of ether oxygens (including phenoxy) is 1. The summed E-state index contributed by atoms with van der Waals surface area (Å²) in [6.07, 6.45) is 1.11. The monoisotopic (exact) mass is 310 g/mol. The van der Waals surface area contributed by atoms with E-state index in [1.807, 2.05) is 25.1 Å². The molecule has 0 saturated heterocycles. The van der Waals surface area contributed by atoms with Gasteiger partial charge in [-0.1, -0.05) is 15.9 Å². The predicted octanol–water partition coefficient (Wildman–Crippen LogP) is 3.54. The summed E-state index contributed by atoms with van der Waals surface area (Å²) in [5, 5.41) is 0. The highest BCUT2D eigenvalue weighted by Gasteiger charge is 2.07. The lowest BCUT2D eigenvalue weighted by Crippen LogP contribution is -2.02. The number of pyridine rings is 1. The molecule has 5 heteroatoms. The fourth-order valence-corrected chi connectivity index (χ4v) is 1.75. The van der Waals surface area contributed by atoms with Crippen molar-refractivity contribution in [2.24, 2.45) is 5.73 Å². The molecule has 0 aliphatic heterocycles. The molecule has 1 heterocycles. The summed E-state index contributed by atoms with van der Waals surface area (Å²) >= 11 is 3.41. The normalized spacial score (nSPS) is 10.4. The van der Waals surface area contributed by atoms with Gasteiger partial charge in [-0.25, -0.2) is 9.37 Å². The molecule has 1 aromatic heterocycles. The number of halogens is 2. The van der Waals surface area contributed by atoms with Crippen molar-refractivity contribution < 1.29 is 9.13 Å². The van der Waals surface area contributed by atoms with E-state index < -0.39 is 5.82 Å². The van der Waals surface area contributed by atoms with E-state index in [0.717, 1.165) is 16.2 Å². The van der Waals surface area contributed by atoms with Crippen molar-refractivity contribution in [3.8, 4) is 11.6 Å². The highest BCUT2D eigenvalue weighted by molar-refractivity contribution is 9.10. The van der Waals surface area contributed by atoms with E-state index in [0.29, 0.717) is 17.2 Å². The third kappa shape index (κ3) is 2.86. The lowest BCUT2D eigenvalue weighted by molar-refractivity contribution is 0.451. The largest absolute Gasteiger partial charge is 0.439 e. The van der Waals surface area contributed by atoms with Crippen LogP contribution in [-0.4, -0.2) is 4.98 Å². The van der Waals surface area contributed by atoms with Crippen LogP contribution in [-0.2, 0) is 6.54 Å². The molecule has 3 nitrogen and oxygen atoms in total. The van der Waals surface area contributed by atoms with Crippen LogP contribution in [0.15, 0.2) is 34.9 Å². The van der Waals surface area contributed by atoms with E-state index in [4.69, 9.17) is 10.5 Å². The van der Waals surface area contributed by atoms with E-state index in [1.54, 1.807) is 0 Å². The Morgan fingerprint density at radius 2 is 2.17 bits per heavy atom. The Kier molecular flexibility index (Phi) is 3.93. The van der Waals surface area contributed by atoms with Gasteiger partial charge in [0.15, 0.2) is 0 Å². The van der Waals surface area contributed by atoms with Gasteiger partial charge in [0.1, 0.15) is 11.6 Å². The summed E-state index contributed by atoms with van der Waals surface area (Å²) < 4.78 is 19.6. The van der Waals surface area contributed by atoms with Crippen molar-refractivity contribution in [1.29, 1.82) is 0 Å². The molecule has 0 bridgehead atoms. The second kappa shape index (κ2) is 5.46. The summed E-state index contributed by atoms with van der Waals surface area (Å²) in [6, 6.07) is 6.89. The highest BCUT2D eigenvalue weighted by atomic mass is 79.9. The van der Waals surface area contributed by atoms with Crippen LogP contribution in [0.5, 0.6) is 11.6 Å². The number of nitrogens with two attached hydrogens (primary N) is 1. The Morgan fingerprint density at radius 3 is 2.83 bits per heavy atom. The molecule has 2 N–H and O–H groups in total. The molecule has 0 spiro atoms. The van der Waals surface area contributed by atoms with E-state index in [-0.39, 0.29) is 6.54 Å². The van der Waals surface area contributed by atoms with Gasteiger partial charge in [-0.2, -0.15) is 0 Å². The molecular formula is C13H12BrFN2O. The second-order valence-electron chi connectivity index (χ2n) is 3.83. The lowest BCUT2D eigenvalue weighted by atomic mass is 10.2. The first kappa shape index (κ1) is 13.0. The number of rotatable bonds is 3. The molecule has 0 saturated carbocycles. The number of aryl methyl sites for hydroxylation is 1. The van der Waals surface area contributed by atoms with Crippen molar-refractivity contribution >= 4 is 15.9 Å². The van der Waals surface area contributed by atoms with Gasteiger partial charge in [0, 0.05) is 16.6 Å². The Hall–Kier alpha value is -1.46. The van der Waals surface area contributed by atoms with Gasteiger partial charge in [-0.15, -0.1) is 0 Å². The van der Waals surface area contributed by atoms with E-state index in [9.17, 15) is 4.39 Å². The molecule has 0 unspecified atom stereocenters. The van der Waals surface area contributed by atoms with Gasteiger partial charge >= 0.3 is 0 Å². The number of nitrogens with zero attached hydrogens (tertiary/aromatic N) is 1. The molecule has 1 aromatic carbocycles. The van der Waals surface area contributed by atoms with Gasteiger partial charge < -0.3 is 10.5 Å². The third-order valence-corrected chi connectivity index (χ3v) is 3.35. The molecular weight excluding hydrogens is 299 g/mol. The smallest absolute Gasteiger partial charge is 0.223 e. The maximum absolute atomic E-state index is 13.0. The van der Waals surface area contributed by atoms with Crippen molar-refractivity contribution in [3.05, 3.63) is 51.9 Å². The van der Waals surface area contributed by atoms with Gasteiger partial charge in [0.25, 0.3) is 0 Å². The molecule has 18 heavy (non-hydrogen) atoms. The van der Waals surface area contributed by atoms with Crippen LogP contribution in [0.2, 0.25) is 0 Å². The van der Waals surface area contributed by atoms with Crippen LogP contribution in [0.4, 0.5) is 4.39 Å². The van der Waals surface area contributed by atoms with Crippen LogP contribution in [0.1, 0.15) is 11.1 Å². The van der Waals surface area contributed by atoms with Crippen molar-refractivity contribution in [2.75, 3.05) is 0 Å². The van der Waals surface area contributed by atoms with Gasteiger partial charge in [-0.3, -0.25) is 0 Å². The maximum Gasteiger partial charge on any atom is 0.223 e. The molecule has 0 aliphatic carbocycles. The number of hydrogen-bond acceptors (Lipinski definition) is 3. The maximum atomic E-state index is 13.0. The van der Waals surface area contributed by atoms with Gasteiger partial charge in [0.2, 0.25) is 5.88 Å². The Bertz CT molecular complexity index is 575. The lowest BCUT2D eigenvalue weighted by Gasteiger charge is -2.09. The SMILES string of the molecule is Cc1cc(Oc2ncc(F)cc2CN)ccc1Br. The molecule has 0 fully saturated rings. The fraction of sp³-hybridized carbons (Fsp3) is 0.154. The summed E-state index contributed by atoms with van der Waals surface area (Å²) in [6.45, 7) is 2.13. The van der Waals surface area contributed by atoms with Gasteiger partial charge in [-0.05, 0) is 36.8 Å². The van der Waals surface area contributed by atoms with Crippen molar-refractivity contribution in [1.82, 2.24) is 4.98 Å². The quantitative estimate of drug-likeness (QED) is 0.943. The molecule has 0 radical (unpaired) electrons. The molecule has 2 rings (SSSR count). The van der Waals surface area contributed by atoms with Crippen molar-refractivity contribution in [3.63, 3.8) is 0 Å². The van der Waals surface area contributed by atoms with Crippen LogP contribution in [0.25, 0.3) is 0 Å². The summed E-state index contributed by atoms with van der Waals surface area (Å²) in [5.41, 5.74) is 7.12. The van der Waals surface area contributed by atoms with E-state index in [1.165, 1.54) is 6.07 Å². The molecule has 94 valence electrons. The van der Waals surface area contributed by atoms with Crippen LogP contribution in [0, 0.1) is 12.7 Å². The first-order valence-electron chi connectivity index (χ1n) is 5.38. The topological polar surface area (TPSA) is 48.1 Å². The average molecular weight is 311 g/mol. The summed E-state index contributed by atoms with van der Waals surface area (Å²) in [5.74, 6) is 0.555. The third-order valence-electron chi connectivity index (χ3n) is 2.46. The van der Waals surface area contributed by atoms with Gasteiger partial charge in [0.05, 0.1) is 6.20 Å². The number of aromatic nitrogens is 1. The molecule has 0 amide bonds. The first-order chi connectivity index (χ1) is 8.60. The minimum Gasteiger partial charge on any atom is -0.439 e. The average Bonchev–Trinajstić information content (AvgIpc) is 2.36. The number of hydrogen-bond donors (Lipinski definition) is 1. The molecule has 0 aliphatic rings. The minimum absolute atomic E-state index is 0.176. The number of benzene rings is 1. The van der Waals surface area contributed by atoms with Crippen LogP contribution in [0.3, 0.4) is 0 Å². The zero-order valence-electron chi connectivity index (χ0n) is 9.78. The summed E-state index contributed by atoms with van der Waals surface area (Å²) in [4.78, 5) is 3.91. The minimum atomic E-state index is -0.421. The van der Waals surface area contributed by atoms with E-state index in [2.05, 4.69) is 20.9 Å². The Morgan fingerprint density at radius 1 is 1.39 bits per heavy atom. The predicted molar refractivity (Wildman–Crippen MR) is 71.0 cm³/mol. The first-order valence-corrected chi connectivity index (χ1v) is 6.18. The molecule has 0 atom stereocenters. The van der Waals surface area contributed by atoms with Crippen molar-refractivity contribution in [2.45, 2.75) is 13.5 Å². The van der Waals surface area contributed by atoms with Crippen LogP contribution < -0.4 is 10.5 Å². The Labute approximate surface area is 113 Å². The van der Waals surface area contributed by atoms with Crippen LogP contribution >= 0.6 is 15.9 Å². The Balaban J connectivity index is 2.30. The standard InChI is InChI=1S/C13H12BrFN2O/c1-8-4-11(2-3-12(8)14)18-13-9(6-16)5-10(15)7-17-13/h2-5,7H,6,16H2,1H3. The zero-order chi connectivity index (χ0) is 13.1. The summed E-state index contributed by atoms with van der Waals surface area (Å²) in [7, 11) is 0. The second-order valence-corrected chi connectivity index (χ2v) is 4.69. The fourth-order valence-electron chi connectivity index (χ4n) is 1.50. The molecule has 2 aromatic rings. The highest BCUT2D eigenvalue weighted by Crippen LogP contribution is 2.27. The zero-order valence-corrected chi connectivity index (χ0v) is 11.4. The van der Waals surface area contributed by atoms with E-state index >= 15 is 0 Å².